The highest BCUT2D eigenvalue weighted by Crippen LogP contribution is 2.51. The van der Waals surface area contributed by atoms with Gasteiger partial charge in [-0.15, -0.1) is 0 Å². The molecule has 0 amide bonds. The fourth-order valence-electron chi connectivity index (χ4n) is 5.67. The predicted octanol–water partition coefficient (Wildman–Crippen LogP) is 6.97. The maximum Gasteiger partial charge on any atom is 0.227 e. The lowest BCUT2D eigenvalue weighted by Gasteiger charge is -2.37. The Morgan fingerprint density at radius 2 is 1.81 bits per heavy atom. The van der Waals surface area contributed by atoms with Gasteiger partial charge in [0.15, 0.2) is 5.76 Å². The van der Waals surface area contributed by atoms with E-state index in [0.717, 1.165) is 36.3 Å². The standard InChI is InChI=1S/C29H23NO2/c1-2-5-18(6-3-1)26-17-30-29(32-26)24-15-11-20-9-13-22-21(25-7-4-16-31-25)12-8-19-10-14-23(24)28(20)27(19)22/h1-3,5-6,8-15,17,20,25,28H,4,7,16H2/t20-,25?,28?/m1/s1. The molecule has 0 bridgehead atoms. The molecule has 1 aliphatic heterocycles. The summed E-state index contributed by atoms with van der Waals surface area (Å²) in [5, 5.41) is 0. The molecule has 0 saturated carbocycles. The largest absolute Gasteiger partial charge is 0.436 e. The Balaban J connectivity index is 1.36. The zero-order chi connectivity index (χ0) is 21.1. The van der Waals surface area contributed by atoms with Crippen LogP contribution in [0.2, 0.25) is 0 Å². The number of hydrogen-bond donors (Lipinski definition) is 0. The van der Waals surface area contributed by atoms with E-state index in [1.54, 1.807) is 0 Å². The minimum absolute atomic E-state index is 0.216. The molecule has 32 heavy (non-hydrogen) atoms. The van der Waals surface area contributed by atoms with Crippen LogP contribution in [-0.4, -0.2) is 11.6 Å². The number of hydrogen-bond acceptors (Lipinski definition) is 3. The average Bonchev–Trinajstić information content (AvgIpc) is 3.56. The summed E-state index contributed by atoms with van der Waals surface area (Å²) in [5.41, 5.74) is 8.86. The van der Waals surface area contributed by atoms with Crippen LogP contribution in [0, 0.1) is 5.92 Å². The van der Waals surface area contributed by atoms with Crippen LogP contribution in [0.15, 0.2) is 83.0 Å². The molecule has 3 aliphatic carbocycles. The van der Waals surface area contributed by atoms with Gasteiger partial charge in [0.25, 0.3) is 0 Å². The first-order chi connectivity index (χ1) is 15.9. The Labute approximate surface area is 187 Å². The van der Waals surface area contributed by atoms with E-state index in [1.165, 1.54) is 27.8 Å². The number of nitrogens with zero attached hydrogens (tertiary/aromatic N) is 1. The van der Waals surface area contributed by atoms with Crippen molar-refractivity contribution >= 4 is 17.7 Å². The van der Waals surface area contributed by atoms with Crippen molar-refractivity contribution in [3.05, 3.63) is 107 Å². The second-order valence-electron chi connectivity index (χ2n) is 8.94. The van der Waals surface area contributed by atoms with Crippen molar-refractivity contribution in [3.8, 4) is 11.3 Å². The van der Waals surface area contributed by atoms with Gasteiger partial charge in [0.2, 0.25) is 5.89 Å². The molecule has 2 unspecified atom stereocenters. The maximum atomic E-state index is 6.24. The molecular weight excluding hydrogens is 394 g/mol. The van der Waals surface area contributed by atoms with Crippen molar-refractivity contribution in [1.82, 2.24) is 4.98 Å². The van der Waals surface area contributed by atoms with Crippen LogP contribution in [0.5, 0.6) is 0 Å². The van der Waals surface area contributed by atoms with E-state index in [0.29, 0.717) is 17.7 Å². The third-order valence-corrected chi connectivity index (χ3v) is 7.18. The first-order valence-electron chi connectivity index (χ1n) is 11.5. The molecule has 156 valence electrons. The van der Waals surface area contributed by atoms with Crippen LogP contribution >= 0.6 is 0 Å². The number of aromatic nitrogens is 1. The normalized spacial score (nSPS) is 24.8. The van der Waals surface area contributed by atoms with Crippen molar-refractivity contribution < 1.29 is 9.15 Å². The van der Waals surface area contributed by atoms with E-state index in [2.05, 4.69) is 65.7 Å². The van der Waals surface area contributed by atoms with Crippen LogP contribution in [-0.2, 0) is 4.74 Å². The molecule has 1 saturated heterocycles. The molecule has 4 aliphatic rings. The molecule has 3 heteroatoms. The highest BCUT2D eigenvalue weighted by atomic mass is 16.5. The SMILES string of the molecule is C1=C[C@H]2C=Cc3c(C4CCCO4)ccc4c3C2C(=C1c1ncc(-c2ccccc2)o1)C=C4. The monoisotopic (exact) mass is 417 g/mol. The molecule has 0 radical (unpaired) electrons. The summed E-state index contributed by atoms with van der Waals surface area (Å²) in [6.07, 6.45) is 18.0. The molecule has 2 heterocycles. The van der Waals surface area contributed by atoms with Crippen molar-refractivity contribution in [2.75, 3.05) is 6.61 Å². The molecule has 7 rings (SSSR count). The third kappa shape index (κ3) is 2.68. The Hall–Kier alpha value is -3.43. The molecule has 0 spiro atoms. The van der Waals surface area contributed by atoms with E-state index >= 15 is 0 Å². The molecule has 1 fully saturated rings. The molecular formula is C29H23NO2. The van der Waals surface area contributed by atoms with Gasteiger partial charge in [0.05, 0.1) is 12.3 Å². The summed E-state index contributed by atoms with van der Waals surface area (Å²) >= 11 is 0. The van der Waals surface area contributed by atoms with Crippen LogP contribution in [0.25, 0.3) is 29.0 Å². The topological polar surface area (TPSA) is 35.3 Å². The van der Waals surface area contributed by atoms with Gasteiger partial charge in [-0.1, -0.05) is 78.9 Å². The Bertz CT molecular complexity index is 1330. The van der Waals surface area contributed by atoms with Gasteiger partial charge < -0.3 is 9.15 Å². The molecule has 3 nitrogen and oxygen atoms in total. The highest BCUT2D eigenvalue weighted by molar-refractivity contribution is 5.85. The van der Waals surface area contributed by atoms with Gasteiger partial charge in [0, 0.05) is 29.6 Å². The number of allylic oxidation sites excluding steroid dienone is 6. The summed E-state index contributed by atoms with van der Waals surface area (Å²) in [5.74, 6) is 2.14. The van der Waals surface area contributed by atoms with Crippen LogP contribution in [0.4, 0.5) is 0 Å². The van der Waals surface area contributed by atoms with E-state index in [-0.39, 0.29) is 6.10 Å². The fraction of sp³-hybridized carbons (Fsp3) is 0.207. The number of ether oxygens (including phenoxy) is 1. The summed E-state index contributed by atoms with van der Waals surface area (Å²) in [6.45, 7) is 0.864. The van der Waals surface area contributed by atoms with E-state index in [4.69, 9.17) is 9.15 Å². The smallest absolute Gasteiger partial charge is 0.227 e. The lowest BCUT2D eigenvalue weighted by Crippen LogP contribution is -2.23. The first-order valence-corrected chi connectivity index (χ1v) is 11.5. The second-order valence-corrected chi connectivity index (χ2v) is 8.94. The lowest BCUT2D eigenvalue weighted by molar-refractivity contribution is 0.111. The summed E-state index contributed by atoms with van der Waals surface area (Å²) < 4.78 is 12.3. The lowest BCUT2D eigenvalue weighted by atomic mass is 9.66. The Morgan fingerprint density at radius 3 is 2.69 bits per heavy atom. The van der Waals surface area contributed by atoms with Gasteiger partial charge >= 0.3 is 0 Å². The average molecular weight is 418 g/mol. The third-order valence-electron chi connectivity index (χ3n) is 7.18. The van der Waals surface area contributed by atoms with Crippen molar-refractivity contribution in [2.24, 2.45) is 5.92 Å². The van der Waals surface area contributed by atoms with Crippen molar-refractivity contribution in [2.45, 2.75) is 24.9 Å². The van der Waals surface area contributed by atoms with Gasteiger partial charge in [0.1, 0.15) is 0 Å². The van der Waals surface area contributed by atoms with Gasteiger partial charge in [-0.25, -0.2) is 4.98 Å². The fourth-order valence-corrected chi connectivity index (χ4v) is 5.67. The molecule has 0 N–H and O–H groups in total. The van der Waals surface area contributed by atoms with Gasteiger partial charge in [-0.05, 0) is 40.7 Å². The van der Waals surface area contributed by atoms with Crippen molar-refractivity contribution in [1.29, 1.82) is 0 Å². The van der Waals surface area contributed by atoms with Crippen LogP contribution in [0.3, 0.4) is 0 Å². The number of benzene rings is 2. The second kappa shape index (κ2) is 7.04. The van der Waals surface area contributed by atoms with Gasteiger partial charge in [-0.3, -0.25) is 0 Å². The molecule has 2 aromatic carbocycles. The van der Waals surface area contributed by atoms with Gasteiger partial charge in [-0.2, -0.15) is 0 Å². The predicted molar refractivity (Wildman–Crippen MR) is 127 cm³/mol. The summed E-state index contributed by atoms with van der Waals surface area (Å²) in [7, 11) is 0. The Kier molecular flexibility index (Phi) is 4.00. The van der Waals surface area contributed by atoms with Crippen molar-refractivity contribution in [3.63, 3.8) is 0 Å². The summed E-state index contributed by atoms with van der Waals surface area (Å²) in [6, 6.07) is 14.7. The van der Waals surface area contributed by atoms with E-state index in [1.807, 2.05) is 24.4 Å². The highest BCUT2D eigenvalue weighted by Gasteiger charge is 2.37. The minimum Gasteiger partial charge on any atom is -0.436 e. The van der Waals surface area contributed by atoms with E-state index in [9.17, 15) is 0 Å². The summed E-state index contributed by atoms with van der Waals surface area (Å²) in [4.78, 5) is 4.66. The number of oxazole rings is 1. The van der Waals surface area contributed by atoms with Crippen LogP contribution in [0.1, 0.15) is 53.0 Å². The maximum absolute atomic E-state index is 6.24. The minimum atomic E-state index is 0.216. The molecule has 1 aromatic heterocycles. The molecule has 3 atom stereocenters. The first kappa shape index (κ1) is 18.2. The van der Waals surface area contributed by atoms with Crippen LogP contribution < -0.4 is 0 Å². The quantitative estimate of drug-likeness (QED) is 0.462. The number of rotatable bonds is 3. The zero-order valence-corrected chi connectivity index (χ0v) is 17.7. The zero-order valence-electron chi connectivity index (χ0n) is 17.7. The Morgan fingerprint density at radius 1 is 0.906 bits per heavy atom. The van der Waals surface area contributed by atoms with E-state index < -0.39 is 0 Å². The molecule has 3 aromatic rings.